The van der Waals surface area contributed by atoms with Gasteiger partial charge in [0.15, 0.2) is 0 Å². The minimum absolute atomic E-state index is 0.0542. The maximum atomic E-state index is 13.4. The van der Waals surface area contributed by atoms with Crippen molar-refractivity contribution in [2.75, 3.05) is 6.61 Å². The van der Waals surface area contributed by atoms with Crippen LogP contribution < -0.4 is 0 Å². The van der Waals surface area contributed by atoms with Gasteiger partial charge in [0.05, 0.1) is 6.61 Å². The summed E-state index contributed by atoms with van der Waals surface area (Å²) in [5.74, 6) is 3.89. The smallest absolute Gasteiger partial charge is 0.305 e. The van der Waals surface area contributed by atoms with Gasteiger partial charge in [0.1, 0.15) is 5.78 Å². The van der Waals surface area contributed by atoms with Gasteiger partial charge in [-0.2, -0.15) is 0 Å². The molecule has 0 amide bonds. The summed E-state index contributed by atoms with van der Waals surface area (Å²) in [6.07, 6.45) is 12.6. The molecule has 3 nitrogen and oxygen atoms in total. The summed E-state index contributed by atoms with van der Waals surface area (Å²) in [6, 6.07) is 0. The van der Waals surface area contributed by atoms with Crippen molar-refractivity contribution < 1.29 is 14.3 Å². The van der Waals surface area contributed by atoms with Gasteiger partial charge in [-0.25, -0.2) is 0 Å². The molecule has 0 spiro atoms. The normalized spacial score (nSPS) is 42.3. The van der Waals surface area contributed by atoms with Crippen LogP contribution >= 0.6 is 0 Å². The molecule has 7 unspecified atom stereocenters. The van der Waals surface area contributed by atoms with E-state index < -0.39 is 0 Å². The Morgan fingerprint density at radius 1 is 1.06 bits per heavy atom. The third-order valence-electron chi connectivity index (χ3n) is 10.3. The minimum atomic E-state index is -0.0542. The third-order valence-corrected chi connectivity index (χ3v) is 10.3. The van der Waals surface area contributed by atoms with Crippen molar-refractivity contribution in [2.45, 2.75) is 98.3 Å². The van der Waals surface area contributed by atoms with E-state index in [-0.39, 0.29) is 11.4 Å². The van der Waals surface area contributed by atoms with E-state index in [4.69, 9.17) is 4.74 Å². The van der Waals surface area contributed by atoms with Crippen molar-refractivity contribution in [1.29, 1.82) is 0 Å². The van der Waals surface area contributed by atoms with Crippen LogP contribution in [0.3, 0.4) is 0 Å². The highest BCUT2D eigenvalue weighted by molar-refractivity contribution is 5.83. The number of rotatable bonds is 5. The number of hydrogen-bond donors (Lipinski definition) is 0. The number of fused-ring (bicyclic) bond motifs is 5. The van der Waals surface area contributed by atoms with Crippen LogP contribution in [0.5, 0.6) is 0 Å². The number of hydrogen-bond acceptors (Lipinski definition) is 3. The zero-order valence-corrected chi connectivity index (χ0v) is 20.6. The van der Waals surface area contributed by atoms with E-state index in [9.17, 15) is 9.59 Å². The number of carbonyl (C=O) groups excluding carboxylic acids is 2. The molecule has 4 fully saturated rings. The first-order valence-corrected chi connectivity index (χ1v) is 13.0. The number of Topliss-reactive ketones (excluding diaryl/α,β-unsaturated/α-hetero) is 1. The zero-order valence-electron chi connectivity index (χ0n) is 20.6. The molecule has 4 aliphatic rings. The molecule has 0 radical (unpaired) electrons. The predicted octanol–water partition coefficient (Wildman–Crippen LogP) is 7.00. The highest BCUT2D eigenvalue weighted by atomic mass is 16.5. The van der Waals surface area contributed by atoms with Crippen LogP contribution in [0.2, 0.25) is 0 Å². The van der Waals surface area contributed by atoms with Crippen LogP contribution in [0.15, 0.2) is 13.2 Å². The molecule has 4 saturated carbocycles. The lowest BCUT2D eigenvalue weighted by atomic mass is 9.44. The van der Waals surface area contributed by atoms with Crippen molar-refractivity contribution in [3.05, 3.63) is 13.2 Å². The summed E-state index contributed by atoms with van der Waals surface area (Å²) >= 11 is 0. The quantitative estimate of drug-likeness (QED) is 0.348. The summed E-state index contributed by atoms with van der Waals surface area (Å²) in [4.78, 5) is 25.3. The fourth-order valence-corrected chi connectivity index (χ4v) is 8.72. The molecule has 3 heteroatoms. The number of esters is 1. The molecule has 0 heterocycles. The van der Waals surface area contributed by atoms with Gasteiger partial charge in [-0.05, 0) is 92.3 Å². The largest absolute Gasteiger partial charge is 0.466 e. The Kier molecular flexibility index (Phi) is 7.75. The topological polar surface area (TPSA) is 43.4 Å². The Labute approximate surface area is 190 Å². The van der Waals surface area contributed by atoms with Gasteiger partial charge in [0, 0.05) is 18.8 Å². The second kappa shape index (κ2) is 9.79. The van der Waals surface area contributed by atoms with E-state index in [2.05, 4.69) is 33.9 Å². The summed E-state index contributed by atoms with van der Waals surface area (Å²) in [5, 5.41) is 0. The highest BCUT2D eigenvalue weighted by Gasteiger charge is 2.62. The minimum Gasteiger partial charge on any atom is -0.466 e. The fraction of sp³-hybridized carbons (Fsp3) is 0.857. The first-order valence-electron chi connectivity index (χ1n) is 13.0. The average molecular weight is 431 g/mol. The van der Waals surface area contributed by atoms with Crippen LogP contribution in [-0.4, -0.2) is 18.4 Å². The van der Waals surface area contributed by atoms with Crippen LogP contribution in [0.4, 0.5) is 0 Å². The molecule has 0 aromatic carbocycles. The molecule has 176 valence electrons. The van der Waals surface area contributed by atoms with Crippen molar-refractivity contribution >= 4 is 11.8 Å². The third kappa shape index (κ3) is 4.27. The van der Waals surface area contributed by atoms with E-state index in [0.29, 0.717) is 59.7 Å². The highest BCUT2D eigenvalue weighted by Crippen LogP contribution is 2.67. The van der Waals surface area contributed by atoms with E-state index in [1.54, 1.807) is 0 Å². The predicted molar refractivity (Wildman–Crippen MR) is 127 cm³/mol. The van der Waals surface area contributed by atoms with E-state index in [1.165, 1.54) is 51.4 Å². The molecule has 0 N–H and O–H groups in total. The van der Waals surface area contributed by atoms with Crippen LogP contribution in [0.25, 0.3) is 0 Å². The van der Waals surface area contributed by atoms with Gasteiger partial charge < -0.3 is 4.74 Å². The lowest BCUT2D eigenvalue weighted by molar-refractivity contribution is -0.156. The van der Waals surface area contributed by atoms with E-state index in [1.807, 2.05) is 6.92 Å². The van der Waals surface area contributed by atoms with Crippen molar-refractivity contribution in [3.8, 4) is 0 Å². The maximum Gasteiger partial charge on any atom is 0.305 e. The molecule has 0 aromatic rings. The summed E-state index contributed by atoms with van der Waals surface area (Å²) in [7, 11) is 0. The van der Waals surface area contributed by atoms with Crippen LogP contribution in [0, 0.1) is 46.3 Å². The zero-order chi connectivity index (χ0) is 22.8. The molecule has 0 aromatic heterocycles. The molecule has 0 saturated heterocycles. The number of ether oxygens (including phenoxy) is 1. The molecule has 4 aliphatic carbocycles. The Hall–Kier alpha value is -1.12. The second-order valence-electron chi connectivity index (χ2n) is 11.4. The SMILES string of the molecule is C=C.CCOC(=O)CC[C@@H](C)C1CCC2C3C(=O)CC4CCCCC4(C)C3CCC21C. The van der Waals surface area contributed by atoms with Crippen LogP contribution in [0.1, 0.15) is 98.3 Å². The standard InChI is InChI=1S/C26H42O3.C2H4/c1-5-29-23(28)12-9-17(2)19-10-11-20-24-21(13-15-26(19,20)4)25(3)14-7-6-8-18(25)16-22(24)27;1-2/h17-21,24H,5-16H2,1-4H3;1-2H2/t17-,18?,19?,20?,21?,24?,25?,26?;/m1./s1. The van der Waals surface area contributed by atoms with Gasteiger partial charge in [-0.15, -0.1) is 13.2 Å². The van der Waals surface area contributed by atoms with E-state index >= 15 is 0 Å². The molecule has 0 bridgehead atoms. The van der Waals surface area contributed by atoms with Gasteiger partial charge in [0.25, 0.3) is 0 Å². The van der Waals surface area contributed by atoms with Gasteiger partial charge >= 0.3 is 5.97 Å². The summed E-state index contributed by atoms with van der Waals surface area (Å²) in [5.41, 5.74) is 0.689. The van der Waals surface area contributed by atoms with Crippen molar-refractivity contribution in [1.82, 2.24) is 0 Å². The van der Waals surface area contributed by atoms with Crippen LogP contribution in [-0.2, 0) is 14.3 Å². The monoisotopic (exact) mass is 430 g/mol. The molecular formula is C28H46O3. The van der Waals surface area contributed by atoms with Gasteiger partial charge in [-0.1, -0.05) is 33.6 Å². The number of carbonyl (C=O) groups is 2. The second-order valence-corrected chi connectivity index (χ2v) is 11.4. The van der Waals surface area contributed by atoms with Crippen molar-refractivity contribution in [2.24, 2.45) is 46.3 Å². The lowest BCUT2D eigenvalue weighted by Crippen LogP contribution is -2.56. The maximum absolute atomic E-state index is 13.4. The van der Waals surface area contributed by atoms with Crippen molar-refractivity contribution in [3.63, 3.8) is 0 Å². The summed E-state index contributed by atoms with van der Waals surface area (Å²) in [6.45, 7) is 15.7. The Balaban J connectivity index is 0.00000132. The molecule has 8 atom stereocenters. The lowest BCUT2D eigenvalue weighted by Gasteiger charge is -2.60. The van der Waals surface area contributed by atoms with Gasteiger partial charge in [0.2, 0.25) is 0 Å². The van der Waals surface area contributed by atoms with E-state index in [0.717, 1.165) is 12.8 Å². The Bertz CT molecular complexity index is 657. The fourth-order valence-electron chi connectivity index (χ4n) is 8.72. The molecule has 0 aliphatic heterocycles. The first-order chi connectivity index (χ1) is 14.8. The Morgan fingerprint density at radius 2 is 1.77 bits per heavy atom. The molecule has 31 heavy (non-hydrogen) atoms. The Morgan fingerprint density at radius 3 is 2.48 bits per heavy atom. The molecular weight excluding hydrogens is 384 g/mol. The molecule has 4 rings (SSSR count). The number of ketones is 1. The van der Waals surface area contributed by atoms with Gasteiger partial charge in [-0.3, -0.25) is 9.59 Å². The summed E-state index contributed by atoms with van der Waals surface area (Å²) < 4.78 is 5.15. The first kappa shape index (κ1) is 24.5. The average Bonchev–Trinajstić information content (AvgIpc) is 3.11.